The number of ether oxygens (including phenoxy) is 1. The highest BCUT2D eigenvalue weighted by Gasteiger charge is 2.27. The molecule has 2 N–H and O–H groups in total. The van der Waals surface area contributed by atoms with Crippen LogP contribution in [0.3, 0.4) is 0 Å². The molecule has 1 aromatic rings. The maximum absolute atomic E-state index is 12.4. The van der Waals surface area contributed by atoms with E-state index in [2.05, 4.69) is 0 Å². The van der Waals surface area contributed by atoms with Crippen LogP contribution >= 0.6 is 0 Å². The molecule has 0 heterocycles. The van der Waals surface area contributed by atoms with E-state index in [9.17, 15) is 8.42 Å². The van der Waals surface area contributed by atoms with Crippen LogP contribution in [0.5, 0.6) is 5.75 Å². The van der Waals surface area contributed by atoms with Crippen molar-refractivity contribution in [2.24, 2.45) is 0 Å². The van der Waals surface area contributed by atoms with Gasteiger partial charge in [-0.25, -0.2) is 8.42 Å². The van der Waals surface area contributed by atoms with Gasteiger partial charge >= 0.3 is 0 Å². The fraction of sp³-hybridized carbons (Fsp3) is 0.500. The number of hydrogen-bond donors (Lipinski definition) is 1. The minimum atomic E-state index is -3.55. The molecule has 18 heavy (non-hydrogen) atoms. The second kappa shape index (κ2) is 5.58. The van der Waals surface area contributed by atoms with Crippen LogP contribution in [0.2, 0.25) is 0 Å². The SMILES string of the molecule is CCN(C(C)C)S(=O)(=O)c1ccc(OC)cc1N. The summed E-state index contributed by atoms with van der Waals surface area (Å²) in [6.45, 7) is 5.88. The molecule has 1 aromatic carbocycles. The molecular formula is C12H20N2O3S. The Kier molecular flexibility index (Phi) is 4.59. The predicted molar refractivity (Wildman–Crippen MR) is 72.1 cm³/mol. The lowest BCUT2D eigenvalue weighted by atomic mass is 10.3. The highest BCUT2D eigenvalue weighted by Crippen LogP contribution is 2.27. The number of anilines is 1. The number of benzene rings is 1. The van der Waals surface area contributed by atoms with Gasteiger partial charge in [0, 0.05) is 18.7 Å². The lowest BCUT2D eigenvalue weighted by molar-refractivity contribution is 0.369. The van der Waals surface area contributed by atoms with Gasteiger partial charge in [0.15, 0.2) is 0 Å². The third kappa shape index (κ3) is 2.76. The molecule has 0 aliphatic carbocycles. The van der Waals surface area contributed by atoms with Gasteiger partial charge in [-0.3, -0.25) is 0 Å². The Morgan fingerprint density at radius 2 is 2.00 bits per heavy atom. The summed E-state index contributed by atoms with van der Waals surface area (Å²) in [5.41, 5.74) is 5.99. The summed E-state index contributed by atoms with van der Waals surface area (Å²) in [5, 5.41) is 0. The molecule has 0 amide bonds. The third-order valence-corrected chi connectivity index (χ3v) is 4.92. The second-order valence-corrected chi connectivity index (χ2v) is 6.06. The van der Waals surface area contributed by atoms with Crippen LogP contribution in [0, 0.1) is 0 Å². The summed E-state index contributed by atoms with van der Waals surface area (Å²) in [5.74, 6) is 0.541. The molecule has 5 nitrogen and oxygen atoms in total. The molecule has 0 saturated carbocycles. The third-order valence-electron chi connectivity index (χ3n) is 2.69. The molecule has 1 rings (SSSR count). The summed E-state index contributed by atoms with van der Waals surface area (Å²) in [7, 11) is -2.04. The van der Waals surface area contributed by atoms with E-state index in [1.54, 1.807) is 13.0 Å². The van der Waals surface area contributed by atoms with Gasteiger partial charge in [0.05, 0.1) is 12.8 Å². The first kappa shape index (κ1) is 14.8. The molecule has 0 fully saturated rings. The summed E-state index contributed by atoms with van der Waals surface area (Å²) >= 11 is 0. The number of hydrogen-bond acceptors (Lipinski definition) is 4. The quantitative estimate of drug-likeness (QED) is 0.828. The van der Waals surface area contributed by atoms with Crippen molar-refractivity contribution in [3.8, 4) is 5.75 Å². The largest absolute Gasteiger partial charge is 0.497 e. The van der Waals surface area contributed by atoms with Gasteiger partial charge in [-0.05, 0) is 26.0 Å². The Hall–Kier alpha value is -1.27. The zero-order chi connectivity index (χ0) is 13.9. The van der Waals surface area contributed by atoms with E-state index < -0.39 is 10.0 Å². The Bertz CT molecular complexity index is 512. The van der Waals surface area contributed by atoms with Crippen molar-refractivity contribution in [2.45, 2.75) is 31.7 Å². The summed E-state index contributed by atoms with van der Waals surface area (Å²) < 4.78 is 31.3. The van der Waals surface area contributed by atoms with Crippen molar-refractivity contribution in [1.29, 1.82) is 0 Å². The van der Waals surface area contributed by atoms with Crippen molar-refractivity contribution in [2.75, 3.05) is 19.4 Å². The zero-order valence-corrected chi connectivity index (χ0v) is 12.0. The average Bonchev–Trinajstić information content (AvgIpc) is 2.28. The predicted octanol–water partition coefficient (Wildman–Crippen LogP) is 1.70. The molecule has 0 aliphatic heterocycles. The molecule has 0 unspecified atom stereocenters. The van der Waals surface area contributed by atoms with Crippen LogP contribution in [0.15, 0.2) is 23.1 Å². The first-order chi connectivity index (χ1) is 8.34. The Balaban J connectivity index is 3.28. The number of methoxy groups -OCH3 is 1. The molecule has 0 radical (unpaired) electrons. The molecule has 0 aromatic heterocycles. The minimum Gasteiger partial charge on any atom is -0.497 e. The second-order valence-electron chi connectivity index (χ2n) is 4.21. The number of nitrogens with two attached hydrogens (primary N) is 1. The van der Waals surface area contributed by atoms with Gasteiger partial charge < -0.3 is 10.5 Å². The molecule has 0 aliphatic rings. The summed E-state index contributed by atoms with van der Waals surface area (Å²) in [6, 6.07) is 4.48. The van der Waals surface area contributed by atoms with Crippen LogP contribution in [0.4, 0.5) is 5.69 Å². The standard InChI is InChI=1S/C12H20N2O3S/c1-5-14(9(2)3)18(15,16)12-7-6-10(17-4)8-11(12)13/h6-9H,5,13H2,1-4H3. The topological polar surface area (TPSA) is 72.6 Å². The van der Waals surface area contributed by atoms with E-state index in [-0.39, 0.29) is 16.6 Å². The smallest absolute Gasteiger partial charge is 0.245 e. The van der Waals surface area contributed by atoms with E-state index in [4.69, 9.17) is 10.5 Å². The fourth-order valence-electron chi connectivity index (χ4n) is 1.83. The van der Waals surface area contributed by atoms with Gasteiger partial charge in [0.25, 0.3) is 0 Å². The van der Waals surface area contributed by atoms with Gasteiger partial charge in [0.2, 0.25) is 10.0 Å². The van der Waals surface area contributed by atoms with E-state index in [0.29, 0.717) is 12.3 Å². The fourth-order valence-corrected chi connectivity index (χ4v) is 3.57. The lowest BCUT2D eigenvalue weighted by Gasteiger charge is -2.25. The van der Waals surface area contributed by atoms with Gasteiger partial charge in [0.1, 0.15) is 10.6 Å². The van der Waals surface area contributed by atoms with Crippen molar-refractivity contribution in [1.82, 2.24) is 4.31 Å². The van der Waals surface area contributed by atoms with Crippen molar-refractivity contribution < 1.29 is 13.2 Å². The molecular weight excluding hydrogens is 252 g/mol. The van der Waals surface area contributed by atoms with E-state index in [0.717, 1.165) is 0 Å². The molecule has 0 bridgehead atoms. The highest BCUT2D eigenvalue weighted by atomic mass is 32.2. The Morgan fingerprint density at radius 3 is 2.39 bits per heavy atom. The molecule has 0 atom stereocenters. The highest BCUT2D eigenvalue weighted by molar-refractivity contribution is 7.89. The van der Waals surface area contributed by atoms with Gasteiger partial charge in [-0.2, -0.15) is 4.31 Å². The van der Waals surface area contributed by atoms with Crippen LogP contribution in [0.1, 0.15) is 20.8 Å². The van der Waals surface area contributed by atoms with Gasteiger partial charge in [-0.15, -0.1) is 0 Å². The number of nitrogen functional groups attached to an aromatic ring is 1. The van der Waals surface area contributed by atoms with Crippen molar-refractivity contribution in [3.05, 3.63) is 18.2 Å². The van der Waals surface area contributed by atoms with Crippen LogP contribution in [-0.2, 0) is 10.0 Å². The van der Waals surface area contributed by atoms with Crippen molar-refractivity contribution in [3.63, 3.8) is 0 Å². The van der Waals surface area contributed by atoms with Crippen LogP contribution in [-0.4, -0.2) is 32.4 Å². The maximum atomic E-state index is 12.4. The normalized spacial score (nSPS) is 12.1. The van der Waals surface area contributed by atoms with Gasteiger partial charge in [-0.1, -0.05) is 6.92 Å². The van der Waals surface area contributed by atoms with Crippen LogP contribution in [0.25, 0.3) is 0 Å². The Labute approximate surface area is 109 Å². The number of sulfonamides is 1. The van der Waals surface area contributed by atoms with E-state index >= 15 is 0 Å². The molecule has 6 heteroatoms. The van der Waals surface area contributed by atoms with E-state index in [1.807, 2.05) is 13.8 Å². The Morgan fingerprint density at radius 1 is 1.39 bits per heavy atom. The molecule has 102 valence electrons. The van der Waals surface area contributed by atoms with Crippen LogP contribution < -0.4 is 10.5 Å². The summed E-state index contributed by atoms with van der Waals surface area (Å²) in [6.07, 6.45) is 0. The van der Waals surface area contributed by atoms with Crippen molar-refractivity contribution >= 4 is 15.7 Å². The monoisotopic (exact) mass is 272 g/mol. The summed E-state index contributed by atoms with van der Waals surface area (Å²) in [4.78, 5) is 0.124. The molecule has 0 spiro atoms. The average molecular weight is 272 g/mol. The first-order valence-electron chi connectivity index (χ1n) is 5.80. The maximum Gasteiger partial charge on any atom is 0.245 e. The zero-order valence-electron chi connectivity index (χ0n) is 11.2. The number of nitrogens with zero attached hydrogens (tertiary/aromatic N) is 1. The first-order valence-corrected chi connectivity index (χ1v) is 7.24. The molecule has 0 saturated heterocycles. The lowest BCUT2D eigenvalue weighted by Crippen LogP contribution is -2.37. The van der Waals surface area contributed by atoms with E-state index in [1.165, 1.54) is 23.5 Å². The minimum absolute atomic E-state index is 0.110. The number of rotatable bonds is 5.